The first-order valence-electron chi connectivity index (χ1n) is 15.7. The number of aliphatic carboxylic acids is 1. The molecule has 2 atom stereocenters. The lowest BCUT2D eigenvalue weighted by Gasteiger charge is -2.22. The van der Waals surface area contributed by atoms with Crippen LogP contribution in [-0.2, 0) is 16.0 Å². The molecule has 0 saturated heterocycles. The van der Waals surface area contributed by atoms with E-state index in [9.17, 15) is 18.0 Å². The van der Waals surface area contributed by atoms with Gasteiger partial charge < -0.3 is 9.84 Å². The Balaban J connectivity index is 1.82. The molecule has 0 radical (unpaired) electrons. The van der Waals surface area contributed by atoms with Gasteiger partial charge in [0, 0.05) is 24.8 Å². The van der Waals surface area contributed by atoms with Crippen LogP contribution in [0.15, 0.2) is 66.9 Å². The van der Waals surface area contributed by atoms with E-state index in [1.807, 2.05) is 48.7 Å². The minimum atomic E-state index is -4.42. The van der Waals surface area contributed by atoms with E-state index in [-0.39, 0.29) is 18.9 Å². The van der Waals surface area contributed by atoms with Crippen molar-refractivity contribution in [2.45, 2.75) is 109 Å². The summed E-state index contributed by atoms with van der Waals surface area (Å²) in [7, 11) is 0. The highest BCUT2D eigenvalue weighted by molar-refractivity contribution is 5.82. The molecule has 0 aliphatic rings. The number of hydrogen-bond donors (Lipinski definition) is 1. The van der Waals surface area contributed by atoms with Gasteiger partial charge in [0.2, 0.25) is 0 Å². The van der Waals surface area contributed by atoms with E-state index >= 15 is 0 Å². The Hall–Kier alpha value is -3.19. The Morgan fingerprint density at radius 1 is 0.884 bits per heavy atom. The summed E-state index contributed by atoms with van der Waals surface area (Å²) >= 11 is 0. The van der Waals surface area contributed by atoms with Gasteiger partial charge in [0.25, 0.3) is 0 Å². The van der Waals surface area contributed by atoms with Crippen molar-refractivity contribution >= 4 is 5.97 Å². The Kier molecular flexibility index (Phi) is 14.2. The fourth-order valence-electron chi connectivity index (χ4n) is 5.37. The first-order chi connectivity index (χ1) is 20.7. The quantitative estimate of drug-likeness (QED) is 0.140. The van der Waals surface area contributed by atoms with Crippen LogP contribution in [0, 0.1) is 0 Å². The highest BCUT2D eigenvalue weighted by Crippen LogP contribution is 2.36. The largest absolute Gasteiger partial charge is 0.481 e. The molecule has 0 fully saturated rings. The predicted molar refractivity (Wildman–Crippen MR) is 167 cm³/mol. The number of unbranched alkanes of at least 4 members (excludes halogenated alkanes) is 6. The first-order valence-corrected chi connectivity index (χ1v) is 15.7. The summed E-state index contributed by atoms with van der Waals surface area (Å²) in [5.74, 6) is -1.04. The zero-order valence-electron chi connectivity index (χ0n) is 25.5. The maximum Gasteiger partial charge on any atom is 0.414 e. The number of ether oxygens (including phenoxy) is 1. The van der Waals surface area contributed by atoms with Gasteiger partial charge in [-0.2, -0.15) is 13.2 Å². The molecule has 0 amide bonds. The average Bonchev–Trinajstić information content (AvgIpc) is 2.99. The van der Waals surface area contributed by atoms with Gasteiger partial charge in [0.15, 0.2) is 6.10 Å². The maximum absolute atomic E-state index is 13.0. The van der Waals surface area contributed by atoms with Gasteiger partial charge in [-0.3, -0.25) is 9.78 Å². The molecule has 7 heteroatoms. The van der Waals surface area contributed by atoms with E-state index in [4.69, 9.17) is 14.8 Å². The van der Waals surface area contributed by atoms with Crippen LogP contribution in [0.2, 0.25) is 0 Å². The molecule has 234 valence electrons. The van der Waals surface area contributed by atoms with Crippen molar-refractivity contribution in [3.63, 3.8) is 0 Å². The molecule has 0 saturated carbocycles. The number of pyridine rings is 1. The third-order valence-electron chi connectivity index (χ3n) is 8.01. The second kappa shape index (κ2) is 17.8. The van der Waals surface area contributed by atoms with Crippen molar-refractivity contribution in [2.24, 2.45) is 0 Å². The van der Waals surface area contributed by atoms with Crippen molar-refractivity contribution in [3.8, 4) is 22.4 Å². The summed E-state index contributed by atoms with van der Waals surface area (Å²) in [5.41, 5.74) is 5.98. The number of carboxylic acid groups (broad SMARTS) is 1. The summed E-state index contributed by atoms with van der Waals surface area (Å²) < 4.78 is 44.1. The number of hydrogen-bond acceptors (Lipinski definition) is 3. The van der Waals surface area contributed by atoms with Crippen molar-refractivity contribution in [3.05, 3.63) is 78.0 Å². The molecular weight excluding hydrogens is 551 g/mol. The van der Waals surface area contributed by atoms with Crippen LogP contribution in [0.3, 0.4) is 0 Å². The molecule has 4 nitrogen and oxygen atoms in total. The van der Waals surface area contributed by atoms with Gasteiger partial charge >= 0.3 is 12.1 Å². The molecule has 3 rings (SSSR count). The predicted octanol–water partition coefficient (Wildman–Crippen LogP) is 10.4. The lowest BCUT2D eigenvalue weighted by molar-refractivity contribution is -0.214. The lowest BCUT2D eigenvalue weighted by Crippen LogP contribution is -2.29. The van der Waals surface area contributed by atoms with Crippen LogP contribution in [0.25, 0.3) is 22.4 Å². The molecule has 1 N–H and O–H groups in total. The molecule has 0 spiro atoms. The Morgan fingerprint density at radius 3 is 2.26 bits per heavy atom. The molecule has 3 aromatic rings. The van der Waals surface area contributed by atoms with Crippen molar-refractivity contribution in [2.75, 3.05) is 6.61 Å². The second-order valence-corrected chi connectivity index (χ2v) is 11.4. The summed E-state index contributed by atoms with van der Waals surface area (Å²) in [5, 5.41) is 9.17. The number of aromatic nitrogens is 1. The topological polar surface area (TPSA) is 59.4 Å². The fourth-order valence-corrected chi connectivity index (χ4v) is 5.37. The zero-order valence-corrected chi connectivity index (χ0v) is 25.5. The first kappa shape index (κ1) is 34.3. The van der Waals surface area contributed by atoms with Crippen molar-refractivity contribution in [1.82, 2.24) is 4.98 Å². The van der Waals surface area contributed by atoms with Gasteiger partial charge in [0.1, 0.15) is 0 Å². The third kappa shape index (κ3) is 11.8. The Morgan fingerprint density at radius 2 is 1.60 bits per heavy atom. The van der Waals surface area contributed by atoms with Crippen LogP contribution in [0.4, 0.5) is 13.2 Å². The molecule has 2 unspecified atom stereocenters. The van der Waals surface area contributed by atoms with Crippen molar-refractivity contribution in [1.29, 1.82) is 0 Å². The van der Waals surface area contributed by atoms with Crippen LogP contribution >= 0.6 is 0 Å². The molecule has 0 aliphatic heterocycles. The number of rotatable bonds is 19. The van der Waals surface area contributed by atoms with Crippen LogP contribution in [0.5, 0.6) is 0 Å². The summed E-state index contributed by atoms with van der Waals surface area (Å²) in [4.78, 5) is 16.0. The van der Waals surface area contributed by atoms with E-state index in [1.165, 1.54) is 44.1 Å². The van der Waals surface area contributed by atoms with E-state index in [2.05, 4.69) is 25.1 Å². The third-order valence-corrected chi connectivity index (χ3v) is 8.01. The summed E-state index contributed by atoms with van der Waals surface area (Å²) in [6.45, 7) is 3.17. The standard InChI is InChI=1S/C36H46F3NO3/c1-3-4-5-6-7-8-10-14-28-19-22-34(40-26-28)33-25-31(20-21-32(33)30-15-11-9-12-16-30)29(17-13-18-35(41)42)23-24-43-27(2)36(37,38)39/h9,11-12,15-16,19-22,25-27,29H,3-8,10,13-14,17-18,23-24H2,1-2H3,(H,41,42). The van der Waals surface area contributed by atoms with Gasteiger partial charge in [-0.05, 0) is 79.3 Å². The molecule has 43 heavy (non-hydrogen) atoms. The Bertz CT molecular complexity index is 1230. The number of carbonyl (C=O) groups is 1. The van der Waals surface area contributed by atoms with Gasteiger partial charge in [0.05, 0.1) is 5.69 Å². The normalized spacial score (nSPS) is 13.1. The number of alkyl halides is 3. The molecule has 0 aliphatic carbocycles. The van der Waals surface area contributed by atoms with Gasteiger partial charge in [-0.15, -0.1) is 0 Å². The van der Waals surface area contributed by atoms with E-state index in [1.54, 1.807) is 0 Å². The van der Waals surface area contributed by atoms with E-state index < -0.39 is 18.2 Å². The maximum atomic E-state index is 13.0. The summed E-state index contributed by atoms with van der Waals surface area (Å²) in [6, 6.07) is 20.3. The molecule has 2 aromatic carbocycles. The number of benzene rings is 2. The Labute approximate surface area is 254 Å². The SMILES string of the molecule is CCCCCCCCCc1ccc(-c2cc(C(CCCC(=O)O)CCOC(C)C(F)(F)F)ccc2-c2ccccc2)nc1. The highest BCUT2D eigenvalue weighted by atomic mass is 19.4. The molecule has 1 aromatic heterocycles. The minimum Gasteiger partial charge on any atom is -0.481 e. The van der Waals surface area contributed by atoms with Gasteiger partial charge in [-0.25, -0.2) is 0 Å². The molecule has 0 bridgehead atoms. The minimum absolute atomic E-state index is 0.00697. The van der Waals surface area contributed by atoms with Gasteiger partial charge in [-0.1, -0.05) is 94.0 Å². The van der Waals surface area contributed by atoms with Crippen LogP contribution in [-0.4, -0.2) is 34.9 Å². The highest BCUT2D eigenvalue weighted by Gasteiger charge is 2.36. The summed E-state index contributed by atoms with van der Waals surface area (Å²) in [6.07, 6.45) is 6.81. The second-order valence-electron chi connectivity index (χ2n) is 11.4. The monoisotopic (exact) mass is 597 g/mol. The number of nitrogens with zero attached hydrogens (tertiary/aromatic N) is 1. The lowest BCUT2D eigenvalue weighted by atomic mass is 9.86. The fraction of sp³-hybridized carbons (Fsp3) is 0.500. The van der Waals surface area contributed by atoms with E-state index in [0.29, 0.717) is 19.3 Å². The van der Waals surface area contributed by atoms with Crippen molar-refractivity contribution < 1.29 is 27.8 Å². The van der Waals surface area contributed by atoms with Crippen LogP contribution in [0.1, 0.15) is 102 Å². The smallest absolute Gasteiger partial charge is 0.414 e. The van der Waals surface area contributed by atoms with Crippen LogP contribution < -0.4 is 0 Å². The number of aryl methyl sites for hydroxylation is 1. The zero-order chi connectivity index (χ0) is 31.1. The average molecular weight is 598 g/mol. The number of halogens is 3. The van der Waals surface area contributed by atoms with E-state index in [0.717, 1.165) is 47.7 Å². The number of carboxylic acids is 1. The molecule has 1 heterocycles. The molecular formula is C36H46F3NO3.